The number of rotatable bonds is 5. The lowest BCUT2D eigenvalue weighted by atomic mass is 10.1. The minimum atomic E-state index is -0.292. The van der Waals surface area contributed by atoms with Crippen LogP contribution < -0.4 is 10.6 Å². The zero-order valence-corrected chi connectivity index (χ0v) is 10.1. The van der Waals surface area contributed by atoms with Gasteiger partial charge >= 0.3 is 0 Å². The van der Waals surface area contributed by atoms with Crippen LogP contribution in [0.3, 0.4) is 0 Å². The molecule has 0 spiro atoms. The molecule has 1 fully saturated rings. The van der Waals surface area contributed by atoms with Crippen molar-refractivity contribution < 1.29 is 4.79 Å². The first-order valence-electron chi connectivity index (χ1n) is 6.10. The van der Waals surface area contributed by atoms with Crippen molar-refractivity contribution in [2.45, 2.75) is 25.8 Å². The summed E-state index contributed by atoms with van der Waals surface area (Å²) in [5, 5.41) is 10.2. The van der Waals surface area contributed by atoms with Crippen molar-refractivity contribution in [1.82, 2.24) is 25.4 Å². The molecule has 6 nitrogen and oxygen atoms in total. The van der Waals surface area contributed by atoms with Crippen molar-refractivity contribution in [2.24, 2.45) is 5.92 Å². The number of nitrogens with zero attached hydrogens (tertiary/aromatic N) is 3. The predicted octanol–water partition coefficient (Wildman–Crippen LogP) is -0.0451. The molecule has 1 aromatic rings. The maximum Gasteiger partial charge on any atom is 0.244 e. The van der Waals surface area contributed by atoms with Gasteiger partial charge in [0.2, 0.25) is 5.91 Å². The van der Waals surface area contributed by atoms with Gasteiger partial charge in [0.1, 0.15) is 18.7 Å². The molecule has 2 rings (SSSR count). The summed E-state index contributed by atoms with van der Waals surface area (Å²) in [4.78, 5) is 15.6. The van der Waals surface area contributed by atoms with Gasteiger partial charge in [0.15, 0.2) is 0 Å². The minimum absolute atomic E-state index is 0.00135. The molecule has 2 unspecified atom stereocenters. The zero-order chi connectivity index (χ0) is 12.1. The summed E-state index contributed by atoms with van der Waals surface area (Å²) in [6, 6.07) is -0.292. The Morgan fingerprint density at radius 2 is 2.59 bits per heavy atom. The summed E-state index contributed by atoms with van der Waals surface area (Å²) in [5.74, 6) is 0.707. The Labute approximate surface area is 101 Å². The quantitative estimate of drug-likeness (QED) is 0.753. The Balaban J connectivity index is 1.69. The van der Waals surface area contributed by atoms with E-state index in [1.165, 1.54) is 12.7 Å². The van der Waals surface area contributed by atoms with E-state index >= 15 is 0 Å². The van der Waals surface area contributed by atoms with Gasteiger partial charge in [0.05, 0.1) is 0 Å². The summed E-state index contributed by atoms with van der Waals surface area (Å²) >= 11 is 0. The third-order valence-electron chi connectivity index (χ3n) is 3.23. The van der Waals surface area contributed by atoms with Crippen molar-refractivity contribution >= 4 is 5.91 Å². The van der Waals surface area contributed by atoms with Crippen molar-refractivity contribution in [2.75, 3.05) is 19.6 Å². The first-order valence-corrected chi connectivity index (χ1v) is 6.10. The van der Waals surface area contributed by atoms with E-state index in [1.54, 1.807) is 11.0 Å². The van der Waals surface area contributed by atoms with Crippen molar-refractivity contribution in [1.29, 1.82) is 0 Å². The van der Waals surface area contributed by atoms with Crippen molar-refractivity contribution in [3.63, 3.8) is 0 Å². The summed E-state index contributed by atoms with van der Waals surface area (Å²) in [6.07, 6.45) is 5.26. The molecule has 17 heavy (non-hydrogen) atoms. The highest BCUT2D eigenvalue weighted by molar-refractivity contribution is 5.79. The Morgan fingerprint density at radius 1 is 1.71 bits per heavy atom. The Bertz CT molecular complexity index is 345. The van der Waals surface area contributed by atoms with Crippen LogP contribution in [-0.4, -0.2) is 40.3 Å². The lowest BCUT2D eigenvalue weighted by molar-refractivity contribution is -0.124. The van der Waals surface area contributed by atoms with Gasteiger partial charge in [-0.1, -0.05) is 0 Å². The summed E-state index contributed by atoms with van der Waals surface area (Å²) in [7, 11) is 0. The van der Waals surface area contributed by atoms with Crippen LogP contribution in [0.1, 0.15) is 25.8 Å². The number of nitrogens with one attached hydrogen (secondary N) is 2. The number of aromatic nitrogens is 3. The largest absolute Gasteiger partial charge is 0.354 e. The smallest absolute Gasteiger partial charge is 0.244 e. The SMILES string of the molecule is CC(C(=O)NCCC1CCNC1)n1cncn1. The Hall–Kier alpha value is -1.43. The molecule has 1 saturated heterocycles. The second-order valence-electron chi connectivity index (χ2n) is 4.49. The molecule has 1 aliphatic heterocycles. The van der Waals surface area contributed by atoms with E-state index < -0.39 is 0 Å². The first kappa shape index (κ1) is 12.0. The van der Waals surface area contributed by atoms with Crippen LogP contribution in [0.15, 0.2) is 12.7 Å². The van der Waals surface area contributed by atoms with Crippen LogP contribution in [0.4, 0.5) is 0 Å². The van der Waals surface area contributed by atoms with Crippen LogP contribution in [0, 0.1) is 5.92 Å². The van der Waals surface area contributed by atoms with Crippen LogP contribution in [0.5, 0.6) is 0 Å². The average molecular weight is 237 g/mol. The van der Waals surface area contributed by atoms with Gasteiger partial charge in [-0.15, -0.1) is 0 Å². The van der Waals surface area contributed by atoms with Crippen LogP contribution >= 0.6 is 0 Å². The molecule has 1 aromatic heterocycles. The monoisotopic (exact) mass is 237 g/mol. The molecular formula is C11H19N5O. The zero-order valence-electron chi connectivity index (χ0n) is 10.1. The second kappa shape index (κ2) is 5.77. The molecule has 1 amide bonds. The first-order chi connectivity index (χ1) is 8.27. The standard InChI is InChI=1S/C11H19N5O/c1-9(16-8-13-7-15-16)11(17)14-5-3-10-2-4-12-6-10/h7-10,12H,2-6H2,1H3,(H,14,17). The van der Waals surface area contributed by atoms with Gasteiger partial charge in [-0.3, -0.25) is 4.79 Å². The molecule has 0 aromatic carbocycles. The molecule has 2 heterocycles. The maximum absolute atomic E-state index is 11.8. The number of hydrogen-bond acceptors (Lipinski definition) is 4. The summed E-state index contributed by atoms with van der Waals surface area (Å²) in [6.45, 7) is 4.74. The van der Waals surface area contributed by atoms with Gasteiger partial charge in [-0.05, 0) is 38.8 Å². The second-order valence-corrected chi connectivity index (χ2v) is 4.49. The van der Waals surface area contributed by atoms with E-state index in [0.29, 0.717) is 5.92 Å². The van der Waals surface area contributed by atoms with Gasteiger partial charge < -0.3 is 10.6 Å². The topological polar surface area (TPSA) is 71.8 Å². The molecule has 1 aliphatic rings. The maximum atomic E-state index is 11.8. The van der Waals surface area contributed by atoms with E-state index in [1.807, 2.05) is 6.92 Å². The third kappa shape index (κ3) is 3.26. The number of carbonyl (C=O) groups is 1. The predicted molar refractivity (Wildman–Crippen MR) is 63.3 cm³/mol. The van der Waals surface area contributed by atoms with E-state index in [9.17, 15) is 4.79 Å². The normalized spacial score (nSPS) is 21.4. The minimum Gasteiger partial charge on any atom is -0.354 e. The molecule has 0 saturated carbocycles. The number of carbonyl (C=O) groups excluding carboxylic acids is 1. The van der Waals surface area contributed by atoms with Crippen LogP contribution in [-0.2, 0) is 4.79 Å². The van der Waals surface area contributed by atoms with Crippen LogP contribution in [0.2, 0.25) is 0 Å². The highest BCUT2D eigenvalue weighted by atomic mass is 16.2. The van der Waals surface area contributed by atoms with Gasteiger partial charge in [0, 0.05) is 6.54 Å². The fourth-order valence-electron chi connectivity index (χ4n) is 2.05. The highest BCUT2D eigenvalue weighted by Crippen LogP contribution is 2.11. The molecule has 0 aliphatic carbocycles. The molecule has 94 valence electrons. The fraction of sp³-hybridized carbons (Fsp3) is 0.727. The van der Waals surface area contributed by atoms with E-state index in [-0.39, 0.29) is 11.9 Å². The molecule has 2 atom stereocenters. The van der Waals surface area contributed by atoms with Gasteiger partial charge in [-0.2, -0.15) is 5.10 Å². The molecule has 0 bridgehead atoms. The lowest BCUT2D eigenvalue weighted by Gasteiger charge is -2.13. The molecular weight excluding hydrogens is 218 g/mol. The molecule has 0 radical (unpaired) electrons. The van der Waals surface area contributed by atoms with E-state index in [4.69, 9.17) is 0 Å². The third-order valence-corrected chi connectivity index (χ3v) is 3.23. The average Bonchev–Trinajstić information content (AvgIpc) is 3.00. The fourth-order valence-corrected chi connectivity index (χ4v) is 2.05. The lowest BCUT2D eigenvalue weighted by Crippen LogP contribution is -2.32. The highest BCUT2D eigenvalue weighted by Gasteiger charge is 2.17. The van der Waals surface area contributed by atoms with Crippen molar-refractivity contribution in [3.8, 4) is 0 Å². The van der Waals surface area contributed by atoms with Gasteiger partial charge in [-0.25, -0.2) is 9.67 Å². The molecule has 6 heteroatoms. The van der Waals surface area contributed by atoms with Crippen LogP contribution in [0.25, 0.3) is 0 Å². The number of amides is 1. The van der Waals surface area contributed by atoms with Gasteiger partial charge in [0.25, 0.3) is 0 Å². The van der Waals surface area contributed by atoms with E-state index in [0.717, 1.165) is 26.1 Å². The number of hydrogen-bond donors (Lipinski definition) is 2. The Kier molecular flexibility index (Phi) is 4.08. The van der Waals surface area contributed by atoms with E-state index in [2.05, 4.69) is 20.7 Å². The van der Waals surface area contributed by atoms with Crippen molar-refractivity contribution in [3.05, 3.63) is 12.7 Å². The summed E-state index contributed by atoms with van der Waals surface area (Å²) in [5.41, 5.74) is 0. The Morgan fingerprint density at radius 3 is 3.24 bits per heavy atom. The summed E-state index contributed by atoms with van der Waals surface area (Å²) < 4.78 is 1.56. The molecule has 2 N–H and O–H groups in total.